The molecule has 7 heteroatoms. The van der Waals surface area contributed by atoms with Crippen LogP contribution in [-0.2, 0) is 24.2 Å². The Bertz CT molecular complexity index is 644. The van der Waals surface area contributed by atoms with Crippen molar-refractivity contribution in [3.8, 4) is 11.3 Å². The number of hydrogen-bond acceptors (Lipinski definition) is 5. The molecule has 0 amide bonds. The maximum Gasteiger partial charge on any atom is 0.376 e. The Morgan fingerprint density at radius 3 is 3.00 bits per heavy atom. The van der Waals surface area contributed by atoms with Gasteiger partial charge in [0, 0.05) is 19.2 Å². The summed E-state index contributed by atoms with van der Waals surface area (Å²) in [6.07, 6.45) is 2.76. The lowest BCUT2D eigenvalue weighted by molar-refractivity contribution is 0.183. The van der Waals surface area contributed by atoms with Gasteiger partial charge in [-0.2, -0.15) is 0 Å². The van der Waals surface area contributed by atoms with Crippen molar-refractivity contribution >= 4 is 7.05 Å². The molecule has 0 radical (unpaired) electrons. The number of fused-ring (bicyclic) bond motifs is 1. The highest BCUT2D eigenvalue weighted by molar-refractivity contribution is 6.45. The molecule has 0 atom stereocenters. The lowest BCUT2D eigenvalue weighted by Gasteiger charge is -2.29. The van der Waals surface area contributed by atoms with Crippen LogP contribution in [-0.4, -0.2) is 52.1 Å². The average Bonchev–Trinajstić information content (AvgIpc) is 3.00. The van der Waals surface area contributed by atoms with Gasteiger partial charge < -0.3 is 14.6 Å². The van der Waals surface area contributed by atoms with E-state index in [0.29, 0.717) is 13.2 Å². The minimum atomic E-state index is -0.411. The fourth-order valence-corrected chi connectivity index (χ4v) is 2.88. The largest absolute Gasteiger partial charge is 0.437 e. The van der Waals surface area contributed by atoms with E-state index in [2.05, 4.69) is 33.3 Å². The molecule has 1 N–H and O–H groups in total. The van der Waals surface area contributed by atoms with E-state index in [-0.39, 0.29) is 0 Å². The van der Waals surface area contributed by atoms with Crippen LogP contribution in [0.4, 0.5) is 0 Å². The number of ether oxygens (including phenoxy) is 1. The third kappa shape index (κ3) is 3.06. The van der Waals surface area contributed by atoms with Crippen molar-refractivity contribution in [3.63, 3.8) is 0 Å². The molecule has 2 aromatic rings. The monoisotopic (exact) mass is 300 g/mol. The highest BCUT2D eigenvalue weighted by atomic mass is 16.5. The fourth-order valence-electron chi connectivity index (χ4n) is 2.88. The summed E-state index contributed by atoms with van der Waals surface area (Å²) in [7, 11) is 1.27. The number of rotatable bonds is 5. The molecule has 116 valence electrons. The molecule has 0 spiro atoms. The summed E-state index contributed by atoms with van der Waals surface area (Å²) < 4.78 is 6.98. The zero-order valence-electron chi connectivity index (χ0n) is 13.1. The van der Waals surface area contributed by atoms with Gasteiger partial charge >= 0.3 is 7.05 Å². The van der Waals surface area contributed by atoms with Gasteiger partial charge in [0.2, 0.25) is 0 Å². The summed E-state index contributed by atoms with van der Waals surface area (Å²) in [6, 6.07) is 6.49. The third-order valence-corrected chi connectivity index (χ3v) is 4.20. The zero-order valence-corrected chi connectivity index (χ0v) is 13.1. The standard InChI is InChI=1S/C15H21BN4O2/c1-16(21)19-6-5-12-3-4-13(9-14(12)11-19)15-10-17-18-20(15)7-8-22-2/h3-4,9-10,21H,5-8,11H2,1-2H3. The molecule has 2 heterocycles. The van der Waals surface area contributed by atoms with Gasteiger partial charge in [0.1, 0.15) is 0 Å². The van der Waals surface area contributed by atoms with E-state index in [4.69, 9.17) is 4.74 Å². The lowest BCUT2D eigenvalue weighted by atomic mass is 9.81. The molecular formula is C15H21BN4O2. The van der Waals surface area contributed by atoms with Crippen LogP contribution in [0.3, 0.4) is 0 Å². The Labute approximate surface area is 130 Å². The van der Waals surface area contributed by atoms with E-state index in [1.54, 1.807) is 13.3 Å². The molecule has 1 aromatic heterocycles. The van der Waals surface area contributed by atoms with Crippen LogP contribution in [0.1, 0.15) is 11.1 Å². The molecule has 0 saturated heterocycles. The summed E-state index contributed by atoms with van der Waals surface area (Å²) in [6.45, 7) is 4.79. The SMILES string of the molecule is COCCn1nncc1-c1ccc2c(c1)CN(B(C)O)CC2. The summed E-state index contributed by atoms with van der Waals surface area (Å²) in [5.74, 6) is 0. The number of methoxy groups -OCH3 is 1. The van der Waals surface area contributed by atoms with Crippen molar-refractivity contribution in [2.24, 2.45) is 0 Å². The summed E-state index contributed by atoms with van der Waals surface area (Å²) >= 11 is 0. The summed E-state index contributed by atoms with van der Waals surface area (Å²) in [5.41, 5.74) is 4.72. The average molecular weight is 300 g/mol. The van der Waals surface area contributed by atoms with Crippen LogP contribution in [0.2, 0.25) is 6.82 Å². The van der Waals surface area contributed by atoms with E-state index >= 15 is 0 Å². The summed E-state index contributed by atoms with van der Waals surface area (Å²) in [5, 5.41) is 17.9. The van der Waals surface area contributed by atoms with Gasteiger partial charge in [-0.3, -0.25) is 0 Å². The highest BCUT2D eigenvalue weighted by Crippen LogP contribution is 2.26. The zero-order chi connectivity index (χ0) is 15.5. The van der Waals surface area contributed by atoms with Crippen LogP contribution in [0, 0.1) is 0 Å². The molecule has 22 heavy (non-hydrogen) atoms. The maximum absolute atomic E-state index is 9.79. The van der Waals surface area contributed by atoms with E-state index in [1.807, 2.05) is 11.5 Å². The second-order valence-corrected chi connectivity index (χ2v) is 5.67. The molecule has 1 aliphatic rings. The van der Waals surface area contributed by atoms with Crippen LogP contribution in [0.25, 0.3) is 11.3 Å². The minimum Gasteiger partial charge on any atom is -0.437 e. The Kier molecular flexibility index (Phi) is 4.56. The van der Waals surface area contributed by atoms with E-state index in [9.17, 15) is 5.02 Å². The van der Waals surface area contributed by atoms with Crippen LogP contribution < -0.4 is 0 Å². The number of hydrogen-bond donors (Lipinski definition) is 1. The number of aromatic nitrogens is 3. The molecule has 1 aromatic carbocycles. The van der Waals surface area contributed by atoms with Gasteiger partial charge in [-0.1, -0.05) is 17.3 Å². The molecule has 6 nitrogen and oxygen atoms in total. The Morgan fingerprint density at radius 1 is 1.36 bits per heavy atom. The quantitative estimate of drug-likeness (QED) is 0.837. The van der Waals surface area contributed by atoms with Gasteiger partial charge in [-0.15, -0.1) is 5.10 Å². The highest BCUT2D eigenvalue weighted by Gasteiger charge is 2.22. The van der Waals surface area contributed by atoms with Crippen LogP contribution >= 0.6 is 0 Å². The molecule has 0 aliphatic carbocycles. The van der Waals surface area contributed by atoms with Crippen molar-refractivity contribution in [2.75, 3.05) is 20.3 Å². The smallest absolute Gasteiger partial charge is 0.376 e. The number of benzene rings is 1. The topological polar surface area (TPSA) is 63.4 Å². The van der Waals surface area contributed by atoms with E-state index < -0.39 is 7.05 Å². The van der Waals surface area contributed by atoms with Gasteiger partial charge in [0.25, 0.3) is 0 Å². The first-order valence-corrected chi connectivity index (χ1v) is 7.60. The normalized spacial score (nSPS) is 14.9. The van der Waals surface area contributed by atoms with Crippen molar-refractivity contribution in [2.45, 2.75) is 26.3 Å². The van der Waals surface area contributed by atoms with E-state index in [1.165, 1.54) is 11.1 Å². The van der Waals surface area contributed by atoms with Crippen molar-refractivity contribution in [1.29, 1.82) is 0 Å². The van der Waals surface area contributed by atoms with Gasteiger partial charge in [-0.05, 0) is 37.0 Å². The van der Waals surface area contributed by atoms with Crippen molar-refractivity contribution in [3.05, 3.63) is 35.5 Å². The minimum absolute atomic E-state index is 0.411. The Morgan fingerprint density at radius 2 is 2.23 bits per heavy atom. The predicted molar refractivity (Wildman–Crippen MR) is 85.3 cm³/mol. The lowest BCUT2D eigenvalue weighted by Crippen LogP contribution is -2.40. The second-order valence-electron chi connectivity index (χ2n) is 5.67. The van der Waals surface area contributed by atoms with Crippen molar-refractivity contribution in [1.82, 2.24) is 19.8 Å². The first-order valence-electron chi connectivity index (χ1n) is 7.60. The van der Waals surface area contributed by atoms with Gasteiger partial charge in [-0.25, -0.2) is 4.68 Å². The molecule has 1 aliphatic heterocycles. The predicted octanol–water partition coefficient (Wildman–Crippen LogP) is 1.06. The van der Waals surface area contributed by atoms with E-state index in [0.717, 1.165) is 30.8 Å². The first kappa shape index (κ1) is 15.2. The fraction of sp³-hybridized carbons (Fsp3) is 0.467. The van der Waals surface area contributed by atoms with Crippen LogP contribution in [0.15, 0.2) is 24.4 Å². The number of nitrogens with zero attached hydrogens (tertiary/aromatic N) is 4. The molecule has 0 saturated carbocycles. The maximum atomic E-state index is 9.79. The summed E-state index contributed by atoms with van der Waals surface area (Å²) in [4.78, 5) is 2.08. The van der Waals surface area contributed by atoms with Crippen molar-refractivity contribution < 1.29 is 9.76 Å². The first-order chi connectivity index (χ1) is 10.7. The Hall–Kier alpha value is -1.70. The molecular weight excluding hydrogens is 279 g/mol. The van der Waals surface area contributed by atoms with Crippen LogP contribution in [0.5, 0.6) is 0 Å². The Balaban J connectivity index is 1.87. The molecule has 3 rings (SSSR count). The van der Waals surface area contributed by atoms with Gasteiger partial charge in [0.15, 0.2) is 0 Å². The second kappa shape index (κ2) is 6.60. The molecule has 0 fully saturated rings. The third-order valence-electron chi connectivity index (χ3n) is 4.20. The molecule has 0 bridgehead atoms. The molecule has 0 unspecified atom stereocenters. The van der Waals surface area contributed by atoms with Gasteiger partial charge in [0.05, 0.1) is 25.0 Å².